The molecule has 0 aliphatic heterocycles. The molecule has 4 rings (SSSR count). The van der Waals surface area contributed by atoms with Crippen LogP contribution in [0, 0.1) is 38.5 Å². The molecule has 4 aromatic rings. The molecule has 0 fully saturated rings. The van der Waals surface area contributed by atoms with Gasteiger partial charge in [-0.2, -0.15) is 0 Å². The lowest BCUT2D eigenvalue weighted by Crippen LogP contribution is -2.23. The van der Waals surface area contributed by atoms with Crippen molar-refractivity contribution in [2.45, 2.75) is 52.2 Å². The van der Waals surface area contributed by atoms with Gasteiger partial charge in [-0.25, -0.2) is 0 Å². The predicted molar refractivity (Wildman–Crippen MR) is 165 cm³/mol. The van der Waals surface area contributed by atoms with Crippen molar-refractivity contribution in [3.05, 3.63) is 142 Å². The first kappa shape index (κ1) is 27.4. The van der Waals surface area contributed by atoms with Crippen LogP contribution in [0.5, 0.6) is 0 Å². The molecule has 4 aromatic carbocycles. The van der Waals surface area contributed by atoms with E-state index in [1.165, 1.54) is 22.3 Å². The second-order valence-corrected chi connectivity index (χ2v) is 10.4. The van der Waals surface area contributed by atoms with Gasteiger partial charge in [-0.05, 0) is 61.2 Å². The molecule has 0 aromatic heterocycles. The van der Waals surface area contributed by atoms with E-state index in [-0.39, 0.29) is 11.8 Å². The van der Waals surface area contributed by atoms with Crippen molar-refractivity contribution < 1.29 is 0 Å². The SMILES string of the molecule is Cc1cccc(C(C(=N)[B]CC[B]C(=N)C(c2cccc(C)c2)c2cccc(C)c2)c2cccc(C)c2)c1. The molecule has 0 amide bonds. The highest BCUT2D eigenvalue weighted by Gasteiger charge is 2.22. The highest BCUT2D eigenvalue weighted by molar-refractivity contribution is 6.80. The summed E-state index contributed by atoms with van der Waals surface area (Å²) in [4.78, 5) is 0. The zero-order valence-corrected chi connectivity index (χ0v) is 23.0. The highest BCUT2D eigenvalue weighted by atomic mass is 14.4. The van der Waals surface area contributed by atoms with Gasteiger partial charge in [-0.1, -0.05) is 132 Å². The first-order valence-electron chi connectivity index (χ1n) is 13.4. The second-order valence-electron chi connectivity index (χ2n) is 10.4. The van der Waals surface area contributed by atoms with E-state index in [2.05, 4.69) is 125 Å². The second kappa shape index (κ2) is 12.7. The molecule has 4 heteroatoms. The summed E-state index contributed by atoms with van der Waals surface area (Å²) < 4.78 is 0. The molecule has 0 saturated heterocycles. The van der Waals surface area contributed by atoms with E-state index in [4.69, 9.17) is 10.8 Å². The summed E-state index contributed by atoms with van der Waals surface area (Å²) in [6.07, 6.45) is 1.45. The topological polar surface area (TPSA) is 47.7 Å². The van der Waals surface area contributed by atoms with Crippen LogP contribution in [0.1, 0.15) is 56.3 Å². The third kappa shape index (κ3) is 7.01. The van der Waals surface area contributed by atoms with Crippen molar-refractivity contribution in [1.82, 2.24) is 0 Å². The van der Waals surface area contributed by atoms with Crippen LogP contribution in [0.15, 0.2) is 97.1 Å². The Morgan fingerprint density at radius 2 is 0.763 bits per heavy atom. The molecule has 38 heavy (non-hydrogen) atoms. The van der Waals surface area contributed by atoms with Gasteiger partial charge in [0.2, 0.25) is 0 Å². The number of aryl methyl sites for hydroxylation is 4. The summed E-state index contributed by atoms with van der Waals surface area (Å²) in [5.74, 6) is -0.192. The Hall–Kier alpha value is -3.65. The average Bonchev–Trinajstić information content (AvgIpc) is 2.87. The maximum absolute atomic E-state index is 9.03. The maximum atomic E-state index is 9.03. The van der Waals surface area contributed by atoms with Gasteiger partial charge in [-0.15, -0.1) is 0 Å². The van der Waals surface area contributed by atoms with E-state index in [1.54, 1.807) is 0 Å². The molecule has 2 radical (unpaired) electrons. The molecule has 0 unspecified atom stereocenters. The van der Waals surface area contributed by atoms with E-state index >= 15 is 0 Å². The van der Waals surface area contributed by atoms with Gasteiger partial charge >= 0.3 is 0 Å². The molecule has 0 aliphatic rings. The zero-order valence-electron chi connectivity index (χ0n) is 23.0. The Morgan fingerprint density at radius 3 is 1.00 bits per heavy atom. The van der Waals surface area contributed by atoms with Crippen molar-refractivity contribution in [2.24, 2.45) is 0 Å². The van der Waals surface area contributed by atoms with Crippen LogP contribution in [-0.2, 0) is 0 Å². The van der Waals surface area contributed by atoms with Gasteiger partial charge in [0.15, 0.2) is 14.6 Å². The smallest absolute Gasteiger partial charge is 0.171 e. The van der Waals surface area contributed by atoms with Crippen LogP contribution in [0.3, 0.4) is 0 Å². The van der Waals surface area contributed by atoms with Crippen molar-refractivity contribution in [3.63, 3.8) is 0 Å². The van der Waals surface area contributed by atoms with E-state index in [9.17, 15) is 0 Å². The third-order valence-electron chi connectivity index (χ3n) is 7.02. The minimum atomic E-state index is -0.0958. The van der Waals surface area contributed by atoms with Crippen molar-refractivity contribution >= 4 is 25.8 Å². The molecule has 0 saturated carbocycles. The first-order valence-corrected chi connectivity index (χ1v) is 13.4. The van der Waals surface area contributed by atoms with Crippen LogP contribution in [0.25, 0.3) is 0 Å². The van der Waals surface area contributed by atoms with Gasteiger partial charge in [0.05, 0.1) is 0 Å². The van der Waals surface area contributed by atoms with Gasteiger partial charge in [-0.3, -0.25) is 0 Å². The van der Waals surface area contributed by atoms with Crippen LogP contribution in [-0.4, -0.2) is 25.8 Å². The monoisotopic (exact) mass is 494 g/mol. The number of hydrogen-bond acceptors (Lipinski definition) is 2. The van der Waals surface area contributed by atoms with Gasteiger partial charge < -0.3 is 10.8 Å². The lowest BCUT2D eigenvalue weighted by atomic mass is 9.53. The Balaban J connectivity index is 1.46. The normalized spacial score (nSPS) is 11.0. The third-order valence-corrected chi connectivity index (χ3v) is 7.02. The van der Waals surface area contributed by atoms with E-state index in [0.717, 1.165) is 34.9 Å². The van der Waals surface area contributed by atoms with Crippen LogP contribution < -0.4 is 0 Å². The number of benzene rings is 4. The molecule has 0 spiro atoms. The molecule has 2 N–H and O–H groups in total. The molecule has 188 valence electrons. The summed E-state index contributed by atoms with van der Waals surface area (Å²) in [6, 6.07) is 33.9. The fraction of sp³-hybridized carbons (Fsp3) is 0.235. The van der Waals surface area contributed by atoms with Crippen molar-refractivity contribution in [2.75, 3.05) is 0 Å². The van der Waals surface area contributed by atoms with Crippen LogP contribution >= 0.6 is 0 Å². The Bertz CT molecular complexity index is 1230. The predicted octanol–water partition coefficient (Wildman–Crippen LogP) is 8.08. The highest BCUT2D eigenvalue weighted by Crippen LogP contribution is 2.29. The van der Waals surface area contributed by atoms with Crippen LogP contribution in [0.2, 0.25) is 12.6 Å². The van der Waals surface area contributed by atoms with E-state index in [1.807, 2.05) is 14.6 Å². The summed E-state index contributed by atoms with van der Waals surface area (Å²) in [6.45, 7) is 8.40. The number of nitrogens with one attached hydrogen (secondary N) is 2. The first-order chi connectivity index (χ1) is 18.3. The summed E-state index contributed by atoms with van der Waals surface area (Å²) >= 11 is 0. The van der Waals surface area contributed by atoms with Crippen molar-refractivity contribution in [3.8, 4) is 0 Å². The standard InChI is InChI=1S/C34H36B2N2/c1-23-9-5-13-27(19-23)31(28-14-6-10-24(2)20-28)33(37)35-17-18-36-34(38)32(29-15-7-11-25(3)21-29)30-16-8-12-26(4)22-30/h5-16,19-22,31-32,37-38H,17-18H2,1-4H3. The molecular weight excluding hydrogens is 458 g/mol. The van der Waals surface area contributed by atoms with Gasteiger partial charge in [0.25, 0.3) is 0 Å². The average molecular weight is 494 g/mol. The van der Waals surface area contributed by atoms with E-state index < -0.39 is 0 Å². The minimum absolute atomic E-state index is 0.0958. The zero-order chi connectivity index (χ0) is 27.1. The Morgan fingerprint density at radius 1 is 0.500 bits per heavy atom. The fourth-order valence-corrected chi connectivity index (χ4v) is 5.22. The molecular formula is C34H36B2N2. The lowest BCUT2D eigenvalue weighted by Gasteiger charge is -2.21. The largest absolute Gasteiger partial charge is 0.319 e. The fourth-order valence-electron chi connectivity index (χ4n) is 5.22. The number of rotatable bonds is 11. The lowest BCUT2D eigenvalue weighted by molar-refractivity contribution is 1.07. The molecule has 2 nitrogen and oxygen atoms in total. The summed E-state index contributed by atoms with van der Waals surface area (Å²) in [7, 11) is 4.07. The van der Waals surface area contributed by atoms with Crippen molar-refractivity contribution in [1.29, 1.82) is 10.8 Å². The van der Waals surface area contributed by atoms with E-state index in [0.29, 0.717) is 11.2 Å². The Kier molecular flexibility index (Phi) is 9.18. The summed E-state index contributed by atoms with van der Waals surface area (Å²) in [5.41, 5.74) is 10.6. The number of hydrogen-bond donors (Lipinski definition) is 2. The quantitative estimate of drug-likeness (QED) is 0.120. The summed E-state index contributed by atoms with van der Waals surface area (Å²) in [5, 5.41) is 18.1. The minimum Gasteiger partial charge on any atom is -0.319 e. The van der Waals surface area contributed by atoms with Crippen LogP contribution in [0.4, 0.5) is 0 Å². The molecule has 0 bridgehead atoms. The molecule has 0 aliphatic carbocycles. The Labute approximate surface area is 230 Å². The van der Waals surface area contributed by atoms with Gasteiger partial charge in [0.1, 0.15) is 0 Å². The molecule has 0 atom stereocenters. The maximum Gasteiger partial charge on any atom is 0.171 e. The molecule has 0 heterocycles. The van der Waals surface area contributed by atoms with Gasteiger partial charge in [0, 0.05) is 11.8 Å².